The predicted octanol–water partition coefficient (Wildman–Crippen LogP) is 1.98. The number of morpholine rings is 1. The predicted molar refractivity (Wildman–Crippen MR) is 77.4 cm³/mol. The minimum atomic E-state index is 0.495. The van der Waals surface area contributed by atoms with Gasteiger partial charge >= 0.3 is 0 Å². The molecule has 0 aromatic heterocycles. The molecule has 0 amide bonds. The van der Waals surface area contributed by atoms with Crippen LogP contribution < -0.4 is 5.32 Å². The summed E-state index contributed by atoms with van der Waals surface area (Å²) in [4.78, 5) is 2.61. The Morgan fingerprint density at radius 1 is 1.26 bits per heavy atom. The van der Waals surface area contributed by atoms with Crippen molar-refractivity contribution in [1.82, 2.24) is 10.2 Å². The summed E-state index contributed by atoms with van der Waals surface area (Å²) in [6.45, 7) is 7.24. The molecule has 2 unspecified atom stereocenters. The molecule has 3 heteroatoms. The Hall–Kier alpha value is -0.900. The third-order valence-corrected chi connectivity index (χ3v) is 4.33. The minimum Gasteiger partial charge on any atom is -0.379 e. The van der Waals surface area contributed by atoms with Crippen molar-refractivity contribution in [1.29, 1.82) is 0 Å². The van der Waals surface area contributed by atoms with Gasteiger partial charge in [0.05, 0.1) is 13.2 Å². The summed E-state index contributed by atoms with van der Waals surface area (Å²) < 4.78 is 5.49. The van der Waals surface area contributed by atoms with E-state index in [-0.39, 0.29) is 0 Å². The largest absolute Gasteiger partial charge is 0.379 e. The lowest BCUT2D eigenvalue weighted by atomic mass is 10.1. The lowest BCUT2D eigenvalue weighted by Crippen LogP contribution is -2.48. The fourth-order valence-electron chi connectivity index (χ4n) is 3.37. The van der Waals surface area contributed by atoms with Crippen LogP contribution in [0.4, 0.5) is 0 Å². The molecule has 1 saturated heterocycles. The summed E-state index contributed by atoms with van der Waals surface area (Å²) in [6.07, 6.45) is 2.37. The van der Waals surface area contributed by atoms with Gasteiger partial charge < -0.3 is 10.1 Å². The molecule has 3 nitrogen and oxygen atoms in total. The van der Waals surface area contributed by atoms with Crippen molar-refractivity contribution in [2.75, 3.05) is 32.8 Å². The van der Waals surface area contributed by atoms with Crippen LogP contribution in [0, 0.1) is 0 Å². The molecule has 0 spiro atoms. The summed E-state index contributed by atoms with van der Waals surface area (Å²) >= 11 is 0. The molecule has 1 fully saturated rings. The van der Waals surface area contributed by atoms with Crippen molar-refractivity contribution in [3.63, 3.8) is 0 Å². The van der Waals surface area contributed by atoms with Gasteiger partial charge in [0.25, 0.3) is 0 Å². The summed E-state index contributed by atoms with van der Waals surface area (Å²) in [7, 11) is 0. The van der Waals surface area contributed by atoms with Gasteiger partial charge in [-0.25, -0.2) is 0 Å². The third-order valence-electron chi connectivity index (χ3n) is 4.33. The van der Waals surface area contributed by atoms with Crippen molar-refractivity contribution in [3.05, 3.63) is 35.4 Å². The molecule has 19 heavy (non-hydrogen) atoms. The summed E-state index contributed by atoms with van der Waals surface area (Å²) in [5, 5.41) is 3.75. The molecule has 0 bridgehead atoms. The quantitative estimate of drug-likeness (QED) is 0.896. The Kier molecular flexibility index (Phi) is 4.16. The number of hydrogen-bond donors (Lipinski definition) is 1. The van der Waals surface area contributed by atoms with Crippen molar-refractivity contribution in [3.8, 4) is 0 Å². The first-order chi connectivity index (χ1) is 9.40. The standard InChI is InChI=1S/C16H24N2O/c1-2-7-17-16-14-6-4-3-5-13(14)12-15(16)18-8-10-19-11-9-18/h3-6,15-17H,2,7-12H2,1H3. The number of ether oxygens (including phenoxy) is 1. The monoisotopic (exact) mass is 260 g/mol. The molecule has 2 atom stereocenters. The molecule has 1 heterocycles. The van der Waals surface area contributed by atoms with Crippen LogP contribution in [0.3, 0.4) is 0 Å². The molecule has 2 aliphatic rings. The molecule has 1 N–H and O–H groups in total. The maximum atomic E-state index is 5.49. The molecule has 1 aliphatic heterocycles. The second kappa shape index (κ2) is 6.04. The first-order valence-electron chi connectivity index (χ1n) is 7.53. The van der Waals surface area contributed by atoms with E-state index in [1.807, 2.05) is 0 Å². The van der Waals surface area contributed by atoms with Gasteiger partial charge in [0.15, 0.2) is 0 Å². The molecular formula is C16H24N2O. The Balaban J connectivity index is 1.79. The van der Waals surface area contributed by atoms with Crippen LogP contribution in [0.2, 0.25) is 0 Å². The van der Waals surface area contributed by atoms with Gasteiger partial charge in [-0.15, -0.1) is 0 Å². The van der Waals surface area contributed by atoms with E-state index in [0.717, 1.165) is 32.8 Å². The zero-order valence-electron chi connectivity index (χ0n) is 11.8. The summed E-state index contributed by atoms with van der Waals surface area (Å²) in [5.41, 5.74) is 3.03. The SMILES string of the molecule is CCCNC1c2ccccc2CC1N1CCOCC1. The number of nitrogens with zero attached hydrogens (tertiary/aromatic N) is 1. The van der Waals surface area contributed by atoms with Gasteiger partial charge in [0, 0.05) is 25.2 Å². The maximum Gasteiger partial charge on any atom is 0.0594 e. The van der Waals surface area contributed by atoms with E-state index >= 15 is 0 Å². The van der Waals surface area contributed by atoms with Gasteiger partial charge in [-0.1, -0.05) is 31.2 Å². The zero-order chi connectivity index (χ0) is 13.1. The van der Waals surface area contributed by atoms with E-state index in [4.69, 9.17) is 4.74 Å². The Bertz CT molecular complexity index is 415. The maximum absolute atomic E-state index is 5.49. The second-order valence-electron chi connectivity index (χ2n) is 5.55. The van der Waals surface area contributed by atoms with Crippen LogP contribution in [0.25, 0.3) is 0 Å². The molecular weight excluding hydrogens is 236 g/mol. The number of fused-ring (bicyclic) bond motifs is 1. The number of hydrogen-bond acceptors (Lipinski definition) is 3. The first-order valence-corrected chi connectivity index (χ1v) is 7.53. The molecule has 1 aromatic carbocycles. The van der Waals surface area contributed by atoms with E-state index < -0.39 is 0 Å². The van der Waals surface area contributed by atoms with Gasteiger partial charge in [0.1, 0.15) is 0 Å². The molecule has 3 rings (SSSR count). The van der Waals surface area contributed by atoms with Gasteiger partial charge in [0.2, 0.25) is 0 Å². The van der Waals surface area contributed by atoms with Crippen molar-refractivity contribution in [2.45, 2.75) is 31.8 Å². The highest BCUT2D eigenvalue weighted by Crippen LogP contribution is 2.34. The molecule has 1 aromatic rings. The highest BCUT2D eigenvalue weighted by molar-refractivity contribution is 5.37. The average molecular weight is 260 g/mol. The van der Waals surface area contributed by atoms with Gasteiger partial charge in [-0.2, -0.15) is 0 Å². The van der Waals surface area contributed by atoms with E-state index in [1.54, 1.807) is 0 Å². The van der Waals surface area contributed by atoms with E-state index in [2.05, 4.69) is 41.4 Å². The second-order valence-corrected chi connectivity index (χ2v) is 5.55. The van der Waals surface area contributed by atoms with Crippen molar-refractivity contribution >= 4 is 0 Å². The van der Waals surface area contributed by atoms with Gasteiger partial charge in [-0.3, -0.25) is 4.90 Å². The lowest BCUT2D eigenvalue weighted by molar-refractivity contribution is 0.0107. The van der Waals surface area contributed by atoms with Crippen molar-refractivity contribution < 1.29 is 4.74 Å². The minimum absolute atomic E-state index is 0.495. The Morgan fingerprint density at radius 2 is 2.05 bits per heavy atom. The Morgan fingerprint density at radius 3 is 2.84 bits per heavy atom. The average Bonchev–Trinajstić information content (AvgIpc) is 2.85. The number of rotatable bonds is 4. The van der Waals surface area contributed by atoms with Crippen LogP contribution in [0.15, 0.2) is 24.3 Å². The molecule has 0 radical (unpaired) electrons. The number of benzene rings is 1. The van der Waals surface area contributed by atoms with Crippen LogP contribution in [0.5, 0.6) is 0 Å². The molecule has 104 valence electrons. The lowest BCUT2D eigenvalue weighted by Gasteiger charge is -2.36. The fourth-order valence-corrected chi connectivity index (χ4v) is 3.37. The van der Waals surface area contributed by atoms with Crippen LogP contribution in [-0.2, 0) is 11.2 Å². The van der Waals surface area contributed by atoms with E-state index in [0.29, 0.717) is 12.1 Å². The van der Waals surface area contributed by atoms with Gasteiger partial charge in [-0.05, 0) is 30.5 Å². The van der Waals surface area contributed by atoms with E-state index in [9.17, 15) is 0 Å². The first kappa shape index (κ1) is 13.1. The van der Waals surface area contributed by atoms with Crippen LogP contribution >= 0.6 is 0 Å². The topological polar surface area (TPSA) is 24.5 Å². The Labute approximate surface area is 115 Å². The molecule has 0 saturated carbocycles. The smallest absolute Gasteiger partial charge is 0.0594 e. The highest BCUT2D eigenvalue weighted by Gasteiger charge is 2.36. The van der Waals surface area contributed by atoms with Crippen LogP contribution in [-0.4, -0.2) is 43.8 Å². The highest BCUT2D eigenvalue weighted by atomic mass is 16.5. The normalized spacial score (nSPS) is 27.4. The zero-order valence-corrected chi connectivity index (χ0v) is 11.8. The summed E-state index contributed by atoms with van der Waals surface area (Å²) in [6, 6.07) is 10.0. The third kappa shape index (κ3) is 2.69. The van der Waals surface area contributed by atoms with Crippen LogP contribution in [0.1, 0.15) is 30.5 Å². The molecule has 1 aliphatic carbocycles. The van der Waals surface area contributed by atoms with E-state index in [1.165, 1.54) is 24.0 Å². The van der Waals surface area contributed by atoms with Crippen molar-refractivity contribution in [2.24, 2.45) is 0 Å². The fraction of sp³-hybridized carbons (Fsp3) is 0.625. The summed E-state index contributed by atoms with van der Waals surface area (Å²) in [5.74, 6) is 0. The number of nitrogens with one attached hydrogen (secondary N) is 1.